The van der Waals surface area contributed by atoms with Crippen molar-refractivity contribution in [3.63, 3.8) is 0 Å². The molecule has 0 aliphatic rings. The number of hydrogen-bond acceptors (Lipinski definition) is 5. The lowest BCUT2D eigenvalue weighted by Crippen LogP contribution is -2.22. The molecule has 0 rings (SSSR count). The molecule has 7 heteroatoms. The number of nitrogens with two attached hydrogens (primary N) is 1. The molecular formula is C4H9NO5S. The average molecular weight is 183 g/mol. The van der Waals surface area contributed by atoms with Crippen molar-refractivity contribution in [3.05, 3.63) is 0 Å². The smallest absolute Gasteiger partial charge is 0.431 e. The first-order valence-electron chi connectivity index (χ1n) is 2.74. The van der Waals surface area contributed by atoms with E-state index in [9.17, 15) is 13.2 Å². The fraction of sp³-hybridized carbons (Fsp3) is 0.750. The zero-order valence-electron chi connectivity index (χ0n) is 6.10. The van der Waals surface area contributed by atoms with Crippen molar-refractivity contribution in [1.82, 2.24) is 0 Å². The molecule has 0 saturated heterocycles. The highest BCUT2D eigenvalue weighted by Crippen LogP contribution is 1.94. The van der Waals surface area contributed by atoms with Crippen molar-refractivity contribution >= 4 is 16.5 Å². The van der Waals surface area contributed by atoms with Crippen molar-refractivity contribution in [2.75, 3.05) is 0 Å². The van der Waals surface area contributed by atoms with Crippen LogP contribution in [0.4, 0.5) is 4.79 Å². The molecule has 0 spiro atoms. The Kier molecular flexibility index (Phi) is 3.27. The lowest BCUT2D eigenvalue weighted by molar-refractivity contribution is 0.0751. The third-order valence-corrected chi connectivity index (χ3v) is 0.885. The molecule has 0 aromatic heterocycles. The largest absolute Gasteiger partial charge is 0.525 e. The Labute approximate surface area is 64.5 Å². The molecule has 2 N–H and O–H groups in total. The molecule has 0 aliphatic heterocycles. The van der Waals surface area contributed by atoms with Crippen LogP contribution in [0.5, 0.6) is 0 Å². The fourth-order valence-electron chi connectivity index (χ4n) is 0.307. The van der Waals surface area contributed by atoms with Crippen molar-refractivity contribution < 1.29 is 22.1 Å². The Bertz CT molecular complexity index is 231. The van der Waals surface area contributed by atoms with Crippen LogP contribution in [0.25, 0.3) is 0 Å². The van der Waals surface area contributed by atoms with E-state index >= 15 is 0 Å². The minimum Gasteiger partial charge on any atom is -0.431 e. The van der Waals surface area contributed by atoms with Crippen molar-refractivity contribution in [3.8, 4) is 0 Å². The second-order valence-corrected chi connectivity index (χ2v) is 3.15. The minimum absolute atomic E-state index is 0.441. The first-order chi connectivity index (χ1) is 4.81. The number of hydrogen-bond donors (Lipinski definition) is 1. The zero-order chi connectivity index (χ0) is 9.07. The van der Waals surface area contributed by atoms with Gasteiger partial charge in [0.05, 0.1) is 6.10 Å². The third kappa shape index (κ3) is 7.07. The van der Waals surface area contributed by atoms with Crippen molar-refractivity contribution in [2.45, 2.75) is 20.0 Å². The Morgan fingerprint density at radius 1 is 1.45 bits per heavy atom. The third-order valence-electron chi connectivity index (χ3n) is 0.516. The molecule has 0 heterocycles. The maximum Gasteiger partial charge on any atom is 0.525 e. The molecule has 0 bridgehead atoms. The second-order valence-electron chi connectivity index (χ2n) is 1.99. The molecule has 66 valence electrons. The lowest BCUT2D eigenvalue weighted by Gasteiger charge is -2.05. The van der Waals surface area contributed by atoms with E-state index in [0.29, 0.717) is 0 Å². The molecule has 0 saturated carbocycles. The van der Waals surface area contributed by atoms with Crippen molar-refractivity contribution in [1.29, 1.82) is 0 Å². The van der Waals surface area contributed by atoms with E-state index in [1.54, 1.807) is 13.8 Å². The van der Waals surface area contributed by atoms with Crippen LogP contribution in [0.15, 0.2) is 0 Å². The predicted octanol–water partition coefficient (Wildman–Crippen LogP) is -0.248. The number of carbonyl (C=O) groups is 1. The molecule has 0 aromatic rings. The van der Waals surface area contributed by atoms with Gasteiger partial charge in [0, 0.05) is 0 Å². The van der Waals surface area contributed by atoms with Gasteiger partial charge in [-0.05, 0) is 13.8 Å². The van der Waals surface area contributed by atoms with E-state index in [1.807, 2.05) is 0 Å². The summed E-state index contributed by atoms with van der Waals surface area (Å²) in [6.07, 6.45) is -1.76. The van der Waals surface area contributed by atoms with Gasteiger partial charge >= 0.3 is 16.5 Å². The highest BCUT2D eigenvalue weighted by Gasteiger charge is 2.13. The van der Waals surface area contributed by atoms with Gasteiger partial charge < -0.3 is 8.92 Å². The van der Waals surface area contributed by atoms with E-state index < -0.39 is 22.6 Å². The fourth-order valence-corrected chi connectivity index (χ4v) is 0.536. The highest BCUT2D eigenvalue weighted by molar-refractivity contribution is 7.84. The Balaban J connectivity index is 3.91. The van der Waals surface area contributed by atoms with Gasteiger partial charge in [-0.1, -0.05) is 0 Å². The van der Waals surface area contributed by atoms with Crippen LogP contribution in [0, 0.1) is 0 Å². The molecule has 6 nitrogen and oxygen atoms in total. The molecule has 11 heavy (non-hydrogen) atoms. The quantitative estimate of drug-likeness (QED) is 0.595. The summed E-state index contributed by atoms with van der Waals surface area (Å²) in [5.41, 5.74) is 0. The molecule has 0 atom stereocenters. The second kappa shape index (κ2) is 3.54. The SMILES string of the molecule is CC(C)OC(=O)OS(N)(=O)=O. The van der Waals surface area contributed by atoms with Crippen LogP contribution in [0.1, 0.15) is 13.8 Å². The van der Waals surface area contributed by atoms with Gasteiger partial charge in [0.1, 0.15) is 0 Å². The van der Waals surface area contributed by atoms with Gasteiger partial charge in [0.25, 0.3) is 0 Å². The first-order valence-corrected chi connectivity index (χ1v) is 4.21. The normalized spacial score (nSPS) is 11.3. The topological polar surface area (TPSA) is 95.7 Å². The van der Waals surface area contributed by atoms with Gasteiger partial charge in [-0.3, -0.25) is 0 Å². The summed E-state index contributed by atoms with van der Waals surface area (Å²) >= 11 is 0. The van der Waals surface area contributed by atoms with Crippen LogP contribution >= 0.6 is 0 Å². The zero-order valence-corrected chi connectivity index (χ0v) is 6.92. The summed E-state index contributed by atoms with van der Waals surface area (Å²) in [6.45, 7) is 3.09. The summed E-state index contributed by atoms with van der Waals surface area (Å²) in [5, 5.41) is 4.36. The molecule has 0 aromatic carbocycles. The molecule has 0 radical (unpaired) electrons. The molecule has 0 amide bonds. The van der Waals surface area contributed by atoms with E-state index in [0.717, 1.165) is 0 Å². The standard InChI is InChI=1S/C4H9NO5S/c1-3(2)9-4(6)10-11(5,7)8/h3H,1-2H3,(H2,5,7,8). The van der Waals surface area contributed by atoms with Crippen molar-refractivity contribution in [2.24, 2.45) is 5.14 Å². The van der Waals surface area contributed by atoms with Crippen LogP contribution in [0.2, 0.25) is 0 Å². The Hall–Kier alpha value is -0.820. The van der Waals surface area contributed by atoms with Gasteiger partial charge in [0.2, 0.25) is 0 Å². The lowest BCUT2D eigenvalue weighted by atomic mass is 10.5. The summed E-state index contributed by atoms with van der Waals surface area (Å²) in [5.74, 6) is 0. The summed E-state index contributed by atoms with van der Waals surface area (Å²) in [6, 6.07) is 0. The van der Waals surface area contributed by atoms with Gasteiger partial charge in [0.15, 0.2) is 0 Å². The van der Waals surface area contributed by atoms with Crippen LogP contribution < -0.4 is 5.14 Å². The van der Waals surface area contributed by atoms with Crippen LogP contribution in [-0.2, 0) is 19.2 Å². The Morgan fingerprint density at radius 2 is 1.91 bits per heavy atom. The molecule has 0 unspecified atom stereocenters. The molecule has 0 aliphatic carbocycles. The maximum atomic E-state index is 10.4. The number of carbonyl (C=O) groups excluding carboxylic acids is 1. The van der Waals surface area contributed by atoms with Crippen LogP contribution in [-0.4, -0.2) is 20.7 Å². The first kappa shape index (κ1) is 10.2. The number of rotatable bonds is 2. The Morgan fingerprint density at radius 3 is 2.18 bits per heavy atom. The minimum atomic E-state index is -4.24. The molecule has 0 fully saturated rings. The van der Waals surface area contributed by atoms with Gasteiger partial charge in [-0.25, -0.2) is 4.79 Å². The predicted molar refractivity (Wildman–Crippen MR) is 35.8 cm³/mol. The highest BCUT2D eigenvalue weighted by atomic mass is 32.2. The van der Waals surface area contributed by atoms with E-state index in [2.05, 4.69) is 14.1 Å². The van der Waals surface area contributed by atoms with Gasteiger partial charge in [-0.2, -0.15) is 13.6 Å². The number of ether oxygens (including phenoxy) is 1. The average Bonchev–Trinajstić information content (AvgIpc) is 1.53. The van der Waals surface area contributed by atoms with Crippen LogP contribution in [0.3, 0.4) is 0 Å². The maximum absolute atomic E-state index is 10.4. The monoisotopic (exact) mass is 183 g/mol. The summed E-state index contributed by atoms with van der Waals surface area (Å²) in [7, 11) is -4.24. The summed E-state index contributed by atoms with van der Waals surface area (Å²) in [4.78, 5) is 10.4. The van der Waals surface area contributed by atoms with E-state index in [4.69, 9.17) is 0 Å². The summed E-state index contributed by atoms with van der Waals surface area (Å²) < 4.78 is 28.1. The van der Waals surface area contributed by atoms with E-state index in [-0.39, 0.29) is 0 Å². The molecular weight excluding hydrogens is 174 g/mol. The van der Waals surface area contributed by atoms with Gasteiger partial charge in [-0.15, -0.1) is 0 Å². The van der Waals surface area contributed by atoms with E-state index in [1.165, 1.54) is 0 Å².